The highest BCUT2D eigenvalue weighted by atomic mass is 19.1. The molecule has 4 rings (SSSR count). The van der Waals surface area contributed by atoms with E-state index in [0.717, 1.165) is 34.4 Å². The Hall–Kier alpha value is -2.27. The first-order chi connectivity index (χ1) is 10.2. The van der Waals surface area contributed by atoms with Crippen molar-refractivity contribution in [3.63, 3.8) is 0 Å². The first-order valence-corrected chi connectivity index (χ1v) is 6.92. The number of fused-ring (bicyclic) bond motifs is 3. The summed E-state index contributed by atoms with van der Waals surface area (Å²) in [6.45, 7) is 3.83. The third-order valence-electron chi connectivity index (χ3n) is 3.86. The molecule has 3 heterocycles. The summed E-state index contributed by atoms with van der Waals surface area (Å²) in [6.07, 6.45) is 1.73. The summed E-state index contributed by atoms with van der Waals surface area (Å²) < 4.78 is 21.5. The van der Waals surface area contributed by atoms with Gasteiger partial charge < -0.3 is 9.30 Å². The molecule has 4 nitrogen and oxygen atoms in total. The lowest BCUT2D eigenvalue weighted by Crippen LogP contribution is -2.16. The van der Waals surface area contributed by atoms with Crippen molar-refractivity contribution in [2.75, 3.05) is 6.61 Å². The van der Waals surface area contributed by atoms with E-state index in [1.54, 1.807) is 12.3 Å². The lowest BCUT2D eigenvalue weighted by atomic mass is 10.1. The highest BCUT2D eigenvalue weighted by Gasteiger charge is 2.22. The molecule has 0 fully saturated rings. The van der Waals surface area contributed by atoms with Crippen LogP contribution in [0.1, 0.15) is 11.5 Å². The summed E-state index contributed by atoms with van der Waals surface area (Å²) >= 11 is 0. The van der Waals surface area contributed by atoms with Crippen molar-refractivity contribution >= 4 is 10.9 Å². The van der Waals surface area contributed by atoms with Crippen LogP contribution in [0.4, 0.5) is 4.39 Å². The Balaban J connectivity index is 2.09. The molecule has 1 aromatic carbocycles. The summed E-state index contributed by atoms with van der Waals surface area (Å²) in [4.78, 5) is 8.64. The summed E-state index contributed by atoms with van der Waals surface area (Å²) in [6, 6.07) is 6.77. The van der Waals surface area contributed by atoms with Gasteiger partial charge in [-0.3, -0.25) is 0 Å². The number of hydrogen-bond donors (Lipinski definition) is 0. The van der Waals surface area contributed by atoms with Gasteiger partial charge in [0.25, 0.3) is 0 Å². The standard InChI is InChI=1S/C16H14FN3O/c1-10-18-5-4-13(19-10)16-12-8-11(17)2-3-14(12)20-6-7-21-9-15(16)20/h2-5,8H,6-7,9H2,1H3. The van der Waals surface area contributed by atoms with Crippen molar-refractivity contribution in [1.29, 1.82) is 0 Å². The molecule has 0 saturated heterocycles. The third-order valence-corrected chi connectivity index (χ3v) is 3.86. The van der Waals surface area contributed by atoms with Gasteiger partial charge in [-0.05, 0) is 31.2 Å². The molecule has 0 radical (unpaired) electrons. The minimum Gasteiger partial charge on any atom is -0.373 e. The number of halogens is 1. The summed E-state index contributed by atoms with van der Waals surface area (Å²) in [5, 5.41) is 0.883. The molecule has 0 spiro atoms. The molecule has 0 unspecified atom stereocenters. The van der Waals surface area contributed by atoms with Crippen LogP contribution < -0.4 is 0 Å². The van der Waals surface area contributed by atoms with Gasteiger partial charge in [-0.15, -0.1) is 0 Å². The maximum atomic E-state index is 13.7. The van der Waals surface area contributed by atoms with E-state index in [9.17, 15) is 4.39 Å². The van der Waals surface area contributed by atoms with Gasteiger partial charge in [-0.25, -0.2) is 14.4 Å². The van der Waals surface area contributed by atoms with Crippen LogP contribution in [0.5, 0.6) is 0 Å². The number of ether oxygens (including phenoxy) is 1. The van der Waals surface area contributed by atoms with E-state index >= 15 is 0 Å². The first kappa shape index (κ1) is 12.5. The molecule has 0 amide bonds. The molecule has 1 aliphatic rings. The quantitative estimate of drug-likeness (QED) is 0.689. The molecular weight excluding hydrogens is 269 g/mol. The third kappa shape index (κ3) is 1.93. The summed E-state index contributed by atoms with van der Waals surface area (Å²) in [7, 11) is 0. The van der Waals surface area contributed by atoms with E-state index in [-0.39, 0.29) is 5.82 Å². The fourth-order valence-electron chi connectivity index (χ4n) is 2.99. The Bertz CT molecular complexity index is 841. The second-order valence-corrected chi connectivity index (χ2v) is 5.18. The van der Waals surface area contributed by atoms with Gasteiger partial charge in [0.1, 0.15) is 11.6 Å². The molecule has 5 heteroatoms. The smallest absolute Gasteiger partial charge is 0.125 e. The molecule has 1 aliphatic heterocycles. The number of nitrogens with zero attached hydrogens (tertiary/aromatic N) is 3. The Labute approximate surface area is 121 Å². The summed E-state index contributed by atoms with van der Waals surface area (Å²) in [5.41, 5.74) is 3.85. The minimum atomic E-state index is -0.238. The topological polar surface area (TPSA) is 39.9 Å². The van der Waals surface area contributed by atoms with Gasteiger partial charge in [-0.2, -0.15) is 0 Å². The van der Waals surface area contributed by atoms with Crippen molar-refractivity contribution in [2.24, 2.45) is 0 Å². The van der Waals surface area contributed by atoms with Gasteiger partial charge in [0.2, 0.25) is 0 Å². The number of aromatic nitrogens is 3. The zero-order valence-corrected chi connectivity index (χ0v) is 11.6. The number of benzene rings is 1. The fourth-order valence-corrected chi connectivity index (χ4v) is 2.99. The van der Waals surface area contributed by atoms with Gasteiger partial charge >= 0.3 is 0 Å². The van der Waals surface area contributed by atoms with Crippen LogP contribution in [0.2, 0.25) is 0 Å². The lowest BCUT2D eigenvalue weighted by Gasteiger charge is -2.17. The van der Waals surface area contributed by atoms with Gasteiger partial charge in [-0.1, -0.05) is 0 Å². The zero-order valence-electron chi connectivity index (χ0n) is 11.6. The normalized spacial score (nSPS) is 14.4. The second-order valence-electron chi connectivity index (χ2n) is 5.18. The average Bonchev–Trinajstić information content (AvgIpc) is 2.80. The fraction of sp³-hybridized carbons (Fsp3) is 0.250. The van der Waals surface area contributed by atoms with Crippen LogP contribution in [0.3, 0.4) is 0 Å². The largest absolute Gasteiger partial charge is 0.373 e. The van der Waals surface area contributed by atoms with Crippen LogP contribution >= 0.6 is 0 Å². The second kappa shape index (κ2) is 4.63. The molecular formula is C16H14FN3O. The average molecular weight is 283 g/mol. The van der Waals surface area contributed by atoms with Crippen LogP contribution in [0, 0.1) is 12.7 Å². The minimum absolute atomic E-state index is 0.238. The molecule has 0 atom stereocenters. The van der Waals surface area contributed by atoms with E-state index in [0.29, 0.717) is 19.0 Å². The molecule has 0 aliphatic carbocycles. The van der Waals surface area contributed by atoms with Gasteiger partial charge in [0.15, 0.2) is 0 Å². The molecule has 21 heavy (non-hydrogen) atoms. The van der Waals surface area contributed by atoms with Gasteiger partial charge in [0, 0.05) is 29.2 Å². The monoisotopic (exact) mass is 283 g/mol. The molecule has 0 N–H and O–H groups in total. The van der Waals surface area contributed by atoms with Crippen molar-refractivity contribution in [2.45, 2.75) is 20.1 Å². The molecule has 0 saturated carbocycles. The first-order valence-electron chi connectivity index (χ1n) is 6.92. The SMILES string of the molecule is Cc1nccc(-c2c3n(c4ccc(F)cc24)CCOC3)n1. The summed E-state index contributed by atoms with van der Waals surface area (Å²) in [5.74, 6) is 0.465. The zero-order chi connectivity index (χ0) is 14.4. The Morgan fingerprint density at radius 3 is 3.05 bits per heavy atom. The molecule has 3 aromatic rings. The van der Waals surface area contributed by atoms with Crippen molar-refractivity contribution in [1.82, 2.24) is 14.5 Å². The Kier molecular flexibility index (Phi) is 2.75. The van der Waals surface area contributed by atoms with Gasteiger partial charge in [0.05, 0.1) is 24.6 Å². The van der Waals surface area contributed by atoms with E-state index in [1.165, 1.54) is 6.07 Å². The Morgan fingerprint density at radius 2 is 2.19 bits per heavy atom. The molecule has 2 aromatic heterocycles. The molecule has 106 valence electrons. The van der Waals surface area contributed by atoms with Crippen LogP contribution in [-0.2, 0) is 17.9 Å². The number of aryl methyl sites for hydroxylation is 1. The highest BCUT2D eigenvalue weighted by molar-refractivity contribution is 5.97. The Morgan fingerprint density at radius 1 is 1.29 bits per heavy atom. The van der Waals surface area contributed by atoms with Crippen molar-refractivity contribution < 1.29 is 9.13 Å². The predicted octanol–water partition coefficient (Wildman–Crippen LogP) is 3.08. The number of hydrogen-bond acceptors (Lipinski definition) is 3. The van der Waals surface area contributed by atoms with Crippen LogP contribution in [0.25, 0.3) is 22.2 Å². The van der Waals surface area contributed by atoms with E-state index in [1.807, 2.05) is 19.1 Å². The van der Waals surface area contributed by atoms with Crippen molar-refractivity contribution in [3.05, 3.63) is 47.8 Å². The predicted molar refractivity (Wildman–Crippen MR) is 77.3 cm³/mol. The lowest BCUT2D eigenvalue weighted by molar-refractivity contribution is 0.0869. The highest BCUT2D eigenvalue weighted by Crippen LogP contribution is 2.36. The van der Waals surface area contributed by atoms with E-state index in [4.69, 9.17) is 4.74 Å². The van der Waals surface area contributed by atoms with E-state index in [2.05, 4.69) is 14.5 Å². The van der Waals surface area contributed by atoms with Crippen molar-refractivity contribution in [3.8, 4) is 11.3 Å². The maximum absolute atomic E-state index is 13.7. The van der Waals surface area contributed by atoms with Crippen LogP contribution in [-0.4, -0.2) is 21.1 Å². The molecule has 0 bridgehead atoms. The van der Waals surface area contributed by atoms with E-state index < -0.39 is 0 Å². The number of rotatable bonds is 1. The van der Waals surface area contributed by atoms with Crippen LogP contribution in [0.15, 0.2) is 30.5 Å². The maximum Gasteiger partial charge on any atom is 0.125 e.